The van der Waals surface area contributed by atoms with Crippen molar-refractivity contribution in [1.82, 2.24) is 4.72 Å². The maximum Gasteiger partial charge on any atom is 0.258 e. The second-order valence-electron chi connectivity index (χ2n) is 6.99. The summed E-state index contributed by atoms with van der Waals surface area (Å²) in [6, 6.07) is 14.2. The van der Waals surface area contributed by atoms with Crippen LogP contribution in [0.25, 0.3) is 0 Å². The third-order valence-electron chi connectivity index (χ3n) is 4.89. The fraction of sp³-hybridized carbons (Fsp3) is 0.381. The third kappa shape index (κ3) is 4.22. The summed E-state index contributed by atoms with van der Waals surface area (Å²) < 4.78 is 27.7. The Balaban J connectivity index is 1.82. The number of carbonyl (C=O) groups excluding carboxylic acids is 1. The first-order valence-corrected chi connectivity index (χ1v) is 10.9. The molecule has 1 amide bonds. The highest BCUT2D eigenvalue weighted by Gasteiger charge is 2.32. The zero-order valence-electron chi connectivity index (χ0n) is 15.8. The summed E-state index contributed by atoms with van der Waals surface area (Å²) in [6.45, 7) is 4.51. The number of benzene rings is 2. The second-order valence-corrected chi connectivity index (χ2v) is 8.76. The van der Waals surface area contributed by atoms with Gasteiger partial charge in [-0.2, -0.15) is 0 Å². The Kier molecular flexibility index (Phi) is 5.97. The highest BCUT2D eigenvalue weighted by atomic mass is 32.2. The van der Waals surface area contributed by atoms with E-state index in [-0.39, 0.29) is 16.8 Å². The van der Waals surface area contributed by atoms with Crippen LogP contribution >= 0.6 is 0 Å². The van der Waals surface area contributed by atoms with Crippen LogP contribution in [-0.2, 0) is 16.4 Å². The molecule has 1 atom stereocenters. The number of carbonyl (C=O) groups is 1. The van der Waals surface area contributed by atoms with Gasteiger partial charge in [0.25, 0.3) is 5.91 Å². The summed E-state index contributed by atoms with van der Waals surface area (Å²) in [4.78, 5) is 14.9. The number of fused-ring (bicyclic) bond motifs is 1. The maximum atomic E-state index is 12.9. The van der Waals surface area contributed by atoms with Gasteiger partial charge in [0.2, 0.25) is 10.0 Å². The van der Waals surface area contributed by atoms with Gasteiger partial charge in [-0.25, -0.2) is 13.1 Å². The molecule has 2 aromatic carbocycles. The minimum atomic E-state index is -3.52. The lowest BCUT2D eigenvalue weighted by Crippen LogP contribution is -2.35. The lowest BCUT2D eigenvalue weighted by atomic mass is 10.1. The van der Waals surface area contributed by atoms with Gasteiger partial charge in [-0.1, -0.05) is 38.0 Å². The lowest BCUT2D eigenvalue weighted by molar-refractivity contribution is 0.0981. The van der Waals surface area contributed by atoms with Crippen molar-refractivity contribution < 1.29 is 13.2 Å². The minimum Gasteiger partial charge on any atom is -0.305 e. The van der Waals surface area contributed by atoms with E-state index < -0.39 is 10.0 Å². The number of nitrogens with zero attached hydrogens (tertiary/aromatic N) is 1. The van der Waals surface area contributed by atoms with E-state index >= 15 is 0 Å². The molecule has 3 rings (SSSR count). The first-order valence-electron chi connectivity index (χ1n) is 9.45. The highest BCUT2D eigenvalue weighted by molar-refractivity contribution is 7.89. The summed E-state index contributed by atoms with van der Waals surface area (Å²) in [5, 5.41) is 0. The fourth-order valence-corrected chi connectivity index (χ4v) is 4.59. The average molecular weight is 387 g/mol. The quantitative estimate of drug-likeness (QED) is 0.737. The van der Waals surface area contributed by atoms with E-state index in [2.05, 4.69) is 11.6 Å². The molecule has 1 aliphatic heterocycles. The van der Waals surface area contributed by atoms with E-state index in [1.54, 1.807) is 35.2 Å². The van der Waals surface area contributed by atoms with Crippen LogP contribution < -0.4 is 9.62 Å². The van der Waals surface area contributed by atoms with Crippen molar-refractivity contribution in [2.45, 2.75) is 50.5 Å². The second kappa shape index (κ2) is 8.23. The molecule has 2 aromatic rings. The van der Waals surface area contributed by atoms with Crippen molar-refractivity contribution in [2.75, 3.05) is 11.4 Å². The standard InChI is InChI=1S/C21H26N2O3S/c1-3-4-8-13-22-27(25,26)19-11-12-20-18(15-19)14-16(2)23(20)21(24)17-9-6-5-7-10-17/h5-7,9-12,15-16,22H,3-4,8,13-14H2,1-2H3/t16-/m1/s1. The van der Waals surface area contributed by atoms with Crippen molar-refractivity contribution >= 4 is 21.6 Å². The van der Waals surface area contributed by atoms with Gasteiger partial charge < -0.3 is 4.90 Å². The Bertz CT molecular complexity index is 910. The number of hydrogen-bond donors (Lipinski definition) is 1. The Morgan fingerprint density at radius 2 is 1.89 bits per heavy atom. The number of amides is 1. The lowest BCUT2D eigenvalue weighted by Gasteiger charge is -2.23. The molecular formula is C21H26N2O3S. The first kappa shape index (κ1) is 19.6. The summed E-state index contributed by atoms with van der Waals surface area (Å²) in [7, 11) is -3.52. The van der Waals surface area contributed by atoms with Gasteiger partial charge in [-0.3, -0.25) is 4.79 Å². The van der Waals surface area contributed by atoms with Crippen LogP contribution in [0, 0.1) is 0 Å². The molecule has 5 nitrogen and oxygen atoms in total. The smallest absolute Gasteiger partial charge is 0.258 e. The number of hydrogen-bond acceptors (Lipinski definition) is 3. The average Bonchev–Trinajstić information content (AvgIpc) is 3.00. The van der Waals surface area contributed by atoms with Crippen molar-refractivity contribution in [3.8, 4) is 0 Å². The van der Waals surface area contributed by atoms with Crippen LogP contribution in [0.1, 0.15) is 49.0 Å². The van der Waals surface area contributed by atoms with Gasteiger partial charge in [0.1, 0.15) is 0 Å². The van der Waals surface area contributed by atoms with Crippen LogP contribution in [0.15, 0.2) is 53.4 Å². The van der Waals surface area contributed by atoms with Crippen LogP contribution in [-0.4, -0.2) is 26.9 Å². The molecule has 0 spiro atoms. The zero-order chi connectivity index (χ0) is 19.4. The van der Waals surface area contributed by atoms with Gasteiger partial charge in [0.05, 0.1) is 4.90 Å². The summed E-state index contributed by atoms with van der Waals surface area (Å²) in [5.74, 6) is -0.0600. The molecule has 0 saturated heterocycles. The Labute approximate surface area is 161 Å². The molecule has 0 fully saturated rings. The minimum absolute atomic E-state index is 0.0110. The number of nitrogens with one attached hydrogen (secondary N) is 1. The molecule has 0 radical (unpaired) electrons. The number of sulfonamides is 1. The predicted octanol–water partition coefficient (Wildman–Crippen LogP) is 3.75. The van der Waals surface area contributed by atoms with Crippen LogP contribution in [0.3, 0.4) is 0 Å². The summed E-state index contributed by atoms with van der Waals surface area (Å²) in [6.07, 6.45) is 3.52. The largest absolute Gasteiger partial charge is 0.305 e. The van der Waals surface area contributed by atoms with E-state index in [9.17, 15) is 13.2 Å². The van der Waals surface area contributed by atoms with Crippen LogP contribution in [0.2, 0.25) is 0 Å². The van der Waals surface area contributed by atoms with Gasteiger partial charge >= 0.3 is 0 Å². The zero-order valence-corrected chi connectivity index (χ0v) is 16.6. The third-order valence-corrected chi connectivity index (χ3v) is 6.35. The van der Waals surface area contributed by atoms with Gasteiger partial charge in [0.15, 0.2) is 0 Å². The fourth-order valence-electron chi connectivity index (χ4n) is 3.47. The normalized spacial score (nSPS) is 16.4. The maximum absolute atomic E-state index is 12.9. The molecule has 0 aliphatic carbocycles. The Morgan fingerprint density at radius 1 is 1.15 bits per heavy atom. The molecule has 1 heterocycles. The van der Waals surface area contributed by atoms with Crippen molar-refractivity contribution in [1.29, 1.82) is 0 Å². The Hall–Kier alpha value is -2.18. The van der Waals surface area contributed by atoms with Crippen molar-refractivity contribution in [3.05, 3.63) is 59.7 Å². The van der Waals surface area contributed by atoms with Crippen molar-refractivity contribution in [2.24, 2.45) is 0 Å². The summed E-state index contributed by atoms with van der Waals surface area (Å²) in [5.41, 5.74) is 2.32. The molecule has 1 aliphatic rings. The summed E-state index contributed by atoms with van der Waals surface area (Å²) >= 11 is 0. The number of unbranched alkanes of at least 4 members (excludes halogenated alkanes) is 2. The molecule has 1 N–H and O–H groups in total. The van der Waals surface area contributed by atoms with Gasteiger partial charge in [-0.05, 0) is 55.7 Å². The molecule has 0 unspecified atom stereocenters. The topological polar surface area (TPSA) is 66.5 Å². The monoisotopic (exact) mass is 386 g/mol. The van der Waals surface area contributed by atoms with Gasteiger partial charge in [0, 0.05) is 23.8 Å². The molecule has 0 aromatic heterocycles. The Morgan fingerprint density at radius 3 is 2.59 bits per heavy atom. The van der Waals surface area contributed by atoms with E-state index in [1.165, 1.54) is 0 Å². The van der Waals surface area contributed by atoms with E-state index in [0.717, 1.165) is 30.5 Å². The molecule has 0 bridgehead atoms. The number of anilines is 1. The van der Waals surface area contributed by atoms with E-state index in [1.807, 2.05) is 25.1 Å². The molecule has 144 valence electrons. The van der Waals surface area contributed by atoms with Gasteiger partial charge in [-0.15, -0.1) is 0 Å². The molecule has 6 heteroatoms. The highest BCUT2D eigenvalue weighted by Crippen LogP contribution is 2.35. The predicted molar refractivity (Wildman–Crippen MR) is 108 cm³/mol. The first-order chi connectivity index (χ1) is 12.9. The molecular weight excluding hydrogens is 360 g/mol. The van der Waals surface area contributed by atoms with Crippen molar-refractivity contribution in [3.63, 3.8) is 0 Å². The van der Waals surface area contributed by atoms with Crippen LogP contribution in [0.5, 0.6) is 0 Å². The molecule has 27 heavy (non-hydrogen) atoms. The van der Waals surface area contributed by atoms with E-state index in [4.69, 9.17) is 0 Å². The SMILES string of the molecule is CCCCCNS(=O)(=O)c1ccc2c(c1)C[C@@H](C)N2C(=O)c1ccccc1. The number of rotatable bonds is 7. The van der Waals surface area contributed by atoms with E-state index in [0.29, 0.717) is 18.5 Å². The molecule has 0 saturated carbocycles. The van der Waals surface area contributed by atoms with Crippen LogP contribution in [0.4, 0.5) is 5.69 Å².